The van der Waals surface area contributed by atoms with Crippen LogP contribution in [-0.2, 0) is 0 Å². The van der Waals surface area contributed by atoms with Crippen molar-refractivity contribution in [3.8, 4) is 0 Å². The molecule has 2 unspecified atom stereocenters. The molecule has 0 saturated carbocycles. The van der Waals surface area contributed by atoms with Gasteiger partial charge in [0, 0.05) is 0 Å². The van der Waals surface area contributed by atoms with Crippen LogP contribution in [0.1, 0.15) is 163 Å². The summed E-state index contributed by atoms with van der Waals surface area (Å²) >= 11 is 0. The predicted molar refractivity (Wildman–Crippen MR) is 127 cm³/mol. The van der Waals surface area contributed by atoms with E-state index in [4.69, 9.17) is 0 Å². The normalized spacial score (nSPS) is 13.8. The van der Waals surface area contributed by atoms with Gasteiger partial charge in [0.2, 0.25) is 0 Å². The largest absolute Gasteiger partial charge is 0.0654 e. The van der Waals surface area contributed by atoms with Crippen LogP contribution in [0.15, 0.2) is 0 Å². The lowest BCUT2D eigenvalue weighted by molar-refractivity contribution is 0.408. The summed E-state index contributed by atoms with van der Waals surface area (Å²) in [6.07, 6.45) is 30.7. The highest BCUT2D eigenvalue weighted by atomic mass is 14.1. The Kier molecular flexibility index (Phi) is 22.3. The van der Waals surface area contributed by atoms with E-state index in [2.05, 4.69) is 27.7 Å². The van der Waals surface area contributed by atoms with Crippen LogP contribution in [0.4, 0.5) is 0 Å². The van der Waals surface area contributed by atoms with Crippen molar-refractivity contribution in [2.24, 2.45) is 11.8 Å². The lowest BCUT2D eigenvalue weighted by Gasteiger charge is -2.13. The molecule has 0 bridgehead atoms. The second-order valence-corrected chi connectivity index (χ2v) is 9.67. The molecule has 27 heavy (non-hydrogen) atoms. The first-order valence-corrected chi connectivity index (χ1v) is 13.2. The summed E-state index contributed by atoms with van der Waals surface area (Å²) in [5, 5.41) is 0. The van der Waals surface area contributed by atoms with Crippen LogP contribution in [0.3, 0.4) is 0 Å². The summed E-state index contributed by atoms with van der Waals surface area (Å²) in [6, 6.07) is 0. The van der Waals surface area contributed by atoms with Gasteiger partial charge >= 0.3 is 0 Å². The van der Waals surface area contributed by atoms with Crippen LogP contribution in [0.25, 0.3) is 0 Å². The molecule has 164 valence electrons. The molecule has 0 aromatic heterocycles. The Labute approximate surface area is 174 Å². The highest BCUT2D eigenvalue weighted by molar-refractivity contribution is 4.58. The maximum absolute atomic E-state index is 2.49. The van der Waals surface area contributed by atoms with Crippen molar-refractivity contribution in [2.45, 2.75) is 163 Å². The van der Waals surface area contributed by atoms with E-state index >= 15 is 0 Å². The van der Waals surface area contributed by atoms with Crippen molar-refractivity contribution < 1.29 is 0 Å². The summed E-state index contributed by atoms with van der Waals surface area (Å²) in [5.74, 6) is 1.93. The van der Waals surface area contributed by atoms with Crippen molar-refractivity contribution in [2.75, 3.05) is 0 Å². The Morgan fingerprint density at radius 3 is 0.889 bits per heavy atom. The zero-order valence-electron chi connectivity index (χ0n) is 20.0. The first kappa shape index (κ1) is 27.0. The van der Waals surface area contributed by atoms with Crippen molar-refractivity contribution in [3.05, 3.63) is 0 Å². The van der Waals surface area contributed by atoms with Gasteiger partial charge < -0.3 is 0 Å². The lowest BCUT2D eigenvalue weighted by atomic mass is 9.93. The second kappa shape index (κ2) is 22.3. The monoisotopic (exact) mass is 380 g/mol. The predicted octanol–water partition coefficient (Wildman–Crippen LogP) is 10.5. The molecule has 0 fully saturated rings. The highest BCUT2D eigenvalue weighted by Gasteiger charge is 2.04. The van der Waals surface area contributed by atoms with Crippen LogP contribution in [0, 0.1) is 11.8 Å². The Hall–Kier alpha value is 0. The fraction of sp³-hybridized carbons (Fsp3) is 1.00. The van der Waals surface area contributed by atoms with Gasteiger partial charge in [-0.15, -0.1) is 0 Å². The minimum Gasteiger partial charge on any atom is -0.0654 e. The number of rotatable bonds is 22. The summed E-state index contributed by atoms with van der Waals surface area (Å²) in [4.78, 5) is 0. The maximum atomic E-state index is 2.49. The number of unbranched alkanes of at least 4 members (excludes halogenated alkanes) is 14. The summed E-state index contributed by atoms with van der Waals surface area (Å²) in [7, 11) is 0. The van der Waals surface area contributed by atoms with Gasteiger partial charge in [0.1, 0.15) is 0 Å². The third kappa shape index (κ3) is 22.2. The molecule has 0 aromatic carbocycles. The smallest absolute Gasteiger partial charge is 0.0443 e. The van der Waals surface area contributed by atoms with Crippen molar-refractivity contribution in [1.82, 2.24) is 0 Å². The second-order valence-electron chi connectivity index (χ2n) is 9.67. The third-order valence-corrected chi connectivity index (χ3v) is 6.49. The topological polar surface area (TPSA) is 0 Å². The van der Waals surface area contributed by atoms with Crippen LogP contribution >= 0.6 is 0 Å². The Bertz CT molecular complexity index is 257. The molecule has 2 atom stereocenters. The van der Waals surface area contributed by atoms with Crippen LogP contribution in [0.2, 0.25) is 0 Å². The van der Waals surface area contributed by atoms with E-state index in [-0.39, 0.29) is 0 Å². The molecule has 0 N–H and O–H groups in total. The Morgan fingerprint density at radius 1 is 0.333 bits per heavy atom. The van der Waals surface area contributed by atoms with Crippen molar-refractivity contribution >= 4 is 0 Å². The molecule has 0 radical (unpaired) electrons. The molecule has 0 aliphatic carbocycles. The van der Waals surface area contributed by atoms with Gasteiger partial charge in [-0.2, -0.15) is 0 Å². The Balaban J connectivity index is 3.24. The van der Waals surface area contributed by atoms with Crippen LogP contribution in [-0.4, -0.2) is 0 Å². The van der Waals surface area contributed by atoms with Crippen LogP contribution in [0.5, 0.6) is 0 Å². The van der Waals surface area contributed by atoms with Crippen molar-refractivity contribution in [3.63, 3.8) is 0 Å². The van der Waals surface area contributed by atoms with E-state index in [0.29, 0.717) is 0 Å². The SMILES string of the molecule is CCCCCCCCCCCCC(C)CCCCCC(C)CCCCCC. The number of hydrogen-bond donors (Lipinski definition) is 0. The average Bonchev–Trinajstić information content (AvgIpc) is 2.66. The van der Waals surface area contributed by atoms with Gasteiger partial charge in [-0.1, -0.05) is 163 Å². The van der Waals surface area contributed by atoms with Gasteiger partial charge in [0.15, 0.2) is 0 Å². The third-order valence-electron chi connectivity index (χ3n) is 6.49. The van der Waals surface area contributed by atoms with Gasteiger partial charge in [-0.05, 0) is 11.8 Å². The molecule has 0 aromatic rings. The maximum Gasteiger partial charge on any atom is -0.0443 e. The molecule has 0 rings (SSSR count). The summed E-state index contributed by atoms with van der Waals surface area (Å²) in [6.45, 7) is 9.57. The molecule has 0 spiro atoms. The van der Waals surface area contributed by atoms with Crippen LogP contribution < -0.4 is 0 Å². The van der Waals surface area contributed by atoms with E-state index in [0.717, 1.165) is 11.8 Å². The molecule has 0 saturated heterocycles. The lowest BCUT2D eigenvalue weighted by Crippen LogP contribution is -1.97. The van der Waals surface area contributed by atoms with Gasteiger partial charge in [-0.25, -0.2) is 0 Å². The zero-order chi connectivity index (χ0) is 20.0. The first-order valence-electron chi connectivity index (χ1n) is 13.2. The Morgan fingerprint density at radius 2 is 0.556 bits per heavy atom. The summed E-state index contributed by atoms with van der Waals surface area (Å²) < 4.78 is 0. The van der Waals surface area contributed by atoms with E-state index in [1.54, 1.807) is 0 Å². The minimum atomic E-state index is 0.963. The molecule has 0 heteroatoms. The molecule has 0 amide bonds. The van der Waals surface area contributed by atoms with Crippen molar-refractivity contribution in [1.29, 1.82) is 0 Å². The minimum absolute atomic E-state index is 0.963. The van der Waals surface area contributed by atoms with E-state index in [1.807, 2.05) is 0 Å². The van der Waals surface area contributed by atoms with E-state index in [1.165, 1.54) is 135 Å². The van der Waals surface area contributed by atoms with E-state index < -0.39 is 0 Å². The fourth-order valence-corrected chi connectivity index (χ4v) is 4.35. The highest BCUT2D eigenvalue weighted by Crippen LogP contribution is 2.21. The molecular formula is C27H56. The summed E-state index contributed by atoms with van der Waals surface area (Å²) in [5.41, 5.74) is 0. The molecule has 0 heterocycles. The van der Waals surface area contributed by atoms with Gasteiger partial charge in [0.05, 0.1) is 0 Å². The average molecular weight is 381 g/mol. The fourth-order valence-electron chi connectivity index (χ4n) is 4.35. The van der Waals surface area contributed by atoms with Gasteiger partial charge in [0.25, 0.3) is 0 Å². The van der Waals surface area contributed by atoms with Gasteiger partial charge in [-0.3, -0.25) is 0 Å². The standard InChI is InChI=1S/C27H56/c1-5-7-9-11-12-13-14-15-16-19-23-27(4)25-21-17-20-24-26(3)22-18-10-8-6-2/h26-27H,5-25H2,1-4H3. The molecule has 0 nitrogen and oxygen atoms in total. The number of hydrogen-bond acceptors (Lipinski definition) is 0. The molecule has 0 aliphatic heterocycles. The first-order chi connectivity index (χ1) is 13.2. The zero-order valence-corrected chi connectivity index (χ0v) is 20.0. The quantitative estimate of drug-likeness (QED) is 0.164. The molecule has 0 aliphatic rings. The van der Waals surface area contributed by atoms with E-state index in [9.17, 15) is 0 Å². The molecular weight excluding hydrogens is 324 g/mol.